The molecule has 4 heteroatoms. The molecule has 0 spiro atoms. The third kappa shape index (κ3) is 3.00. The molecule has 1 amide bonds. The molecule has 0 radical (unpaired) electrons. The summed E-state index contributed by atoms with van der Waals surface area (Å²) in [5, 5.41) is 3.33. The molecule has 1 aromatic rings. The zero-order valence-corrected chi connectivity index (χ0v) is 13.5. The molecule has 0 aliphatic carbocycles. The van der Waals surface area contributed by atoms with E-state index in [4.69, 9.17) is 0 Å². The van der Waals surface area contributed by atoms with Crippen LogP contribution in [0.3, 0.4) is 0 Å². The van der Waals surface area contributed by atoms with Gasteiger partial charge in [0.05, 0.1) is 11.7 Å². The van der Waals surface area contributed by atoms with Gasteiger partial charge in [0.15, 0.2) is 0 Å². The Morgan fingerprint density at radius 3 is 2.63 bits per heavy atom. The molecule has 1 unspecified atom stereocenters. The van der Waals surface area contributed by atoms with Crippen LogP contribution in [0.1, 0.15) is 31.4 Å². The predicted octanol–water partition coefficient (Wildman–Crippen LogP) is 3.17. The van der Waals surface area contributed by atoms with Crippen LogP contribution < -0.4 is 10.2 Å². The second-order valence-electron chi connectivity index (χ2n) is 5.56. The number of carbonyl (C=O) groups excluding carboxylic acids is 1. The maximum Gasteiger partial charge on any atom is 0.244 e. The van der Waals surface area contributed by atoms with Crippen molar-refractivity contribution in [2.75, 3.05) is 11.4 Å². The molecular formula is C15H21BrN2O. The number of rotatable bonds is 3. The van der Waals surface area contributed by atoms with Gasteiger partial charge in [-0.3, -0.25) is 4.79 Å². The van der Waals surface area contributed by atoms with Crippen LogP contribution in [-0.4, -0.2) is 24.5 Å². The zero-order chi connectivity index (χ0) is 14.2. The SMILES string of the molecule is Cc1cc(C)c(N2CCC(NC(C)C)C2=O)c(Br)c1. The summed E-state index contributed by atoms with van der Waals surface area (Å²) < 4.78 is 1.00. The van der Waals surface area contributed by atoms with E-state index < -0.39 is 0 Å². The monoisotopic (exact) mass is 324 g/mol. The number of anilines is 1. The highest BCUT2D eigenvalue weighted by Gasteiger charge is 2.34. The lowest BCUT2D eigenvalue weighted by molar-refractivity contribution is -0.119. The van der Waals surface area contributed by atoms with Gasteiger partial charge >= 0.3 is 0 Å². The molecule has 0 saturated carbocycles. The molecule has 19 heavy (non-hydrogen) atoms. The van der Waals surface area contributed by atoms with Crippen molar-refractivity contribution in [3.05, 3.63) is 27.7 Å². The Hall–Kier alpha value is -0.870. The molecular weight excluding hydrogens is 304 g/mol. The summed E-state index contributed by atoms with van der Waals surface area (Å²) in [5.41, 5.74) is 3.37. The van der Waals surface area contributed by atoms with Gasteiger partial charge in [0.1, 0.15) is 0 Å². The fourth-order valence-electron chi connectivity index (χ4n) is 2.71. The van der Waals surface area contributed by atoms with Gasteiger partial charge < -0.3 is 10.2 Å². The van der Waals surface area contributed by atoms with Crippen molar-refractivity contribution in [3.8, 4) is 0 Å². The summed E-state index contributed by atoms with van der Waals surface area (Å²) in [6.07, 6.45) is 0.872. The normalized spacial score (nSPS) is 19.6. The molecule has 1 fully saturated rings. The Balaban J connectivity index is 2.27. The smallest absolute Gasteiger partial charge is 0.244 e. The summed E-state index contributed by atoms with van der Waals surface area (Å²) >= 11 is 3.59. The van der Waals surface area contributed by atoms with E-state index in [2.05, 4.69) is 61.1 Å². The Labute approximate surface area is 123 Å². The van der Waals surface area contributed by atoms with Gasteiger partial charge in [-0.25, -0.2) is 0 Å². The fourth-order valence-corrected chi connectivity index (χ4v) is 3.60. The van der Waals surface area contributed by atoms with Crippen LogP contribution in [0.25, 0.3) is 0 Å². The second-order valence-corrected chi connectivity index (χ2v) is 6.42. The van der Waals surface area contributed by atoms with Gasteiger partial charge in [-0.15, -0.1) is 0 Å². The minimum Gasteiger partial charge on any atom is -0.310 e. The van der Waals surface area contributed by atoms with Crippen molar-refractivity contribution >= 4 is 27.5 Å². The first-order chi connectivity index (χ1) is 8.90. The molecule has 104 valence electrons. The molecule has 1 saturated heterocycles. The molecule has 0 bridgehead atoms. The average molecular weight is 325 g/mol. The Kier molecular flexibility index (Phi) is 4.31. The van der Waals surface area contributed by atoms with E-state index in [0.29, 0.717) is 6.04 Å². The van der Waals surface area contributed by atoms with Crippen molar-refractivity contribution in [1.82, 2.24) is 5.32 Å². The highest BCUT2D eigenvalue weighted by molar-refractivity contribution is 9.10. The van der Waals surface area contributed by atoms with Gasteiger partial charge in [-0.1, -0.05) is 19.9 Å². The number of carbonyl (C=O) groups is 1. The predicted molar refractivity (Wildman–Crippen MR) is 82.6 cm³/mol. The summed E-state index contributed by atoms with van der Waals surface area (Å²) in [7, 11) is 0. The van der Waals surface area contributed by atoms with Crippen molar-refractivity contribution in [1.29, 1.82) is 0 Å². The summed E-state index contributed by atoms with van der Waals surface area (Å²) in [4.78, 5) is 14.4. The van der Waals surface area contributed by atoms with Gasteiger partial charge in [-0.2, -0.15) is 0 Å². The number of nitrogens with one attached hydrogen (secondary N) is 1. The van der Waals surface area contributed by atoms with Gasteiger partial charge in [0.25, 0.3) is 0 Å². The Morgan fingerprint density at radius 1 is 1.37 bits per heavy atom. The summed E-state index contributed by atoms with van der Waals surface area (Å²) in [5.74, 6) is 0.182. The Bertz CT molecular complexity index is 476. The quantitative estimate of drug-likeness (QED) is 0.926. The van der Waals surface area contributed by atoms with Crippen molar-refractivity contribution < 1.29 is 4.79 Å². The standard InChI is InChI=1S/C15H21BrN2O/c1-9(2)17-13-5-6-18(15(13)19)14-11(4)7-10(3)8-12(14)16/h7-9,13,17H,5-6H2,1-4H3. The molecule has 1 aliphatic heterocycles. The van der Waals surface area contributed by atoms with Crippen LogP contribution in [-0.2, 0) is 4.79 Å². The lowest BCUT2D eigenvalue weighted by Gasteiger charge is -2.22. The van der Waals surface area contributed by atoms with Crippen molar-refractivity contribution in [2.24, 2.45) is 0 Å². The van der Waals surface area contributed by atoms with E-state index >= 15 is 0 Å². The number of benzene rings is 1. The largest absolute Gasteiger partial charge is 0.310 e. The highest BCUT2D eigenvalue weighted by atomic mass is 79.9. The average Bonchev–Trinajstić information content (AvgIpc) is 2.60. The molecule has 2 rings (SSSR count). The number of aryl methyl sites for hydroxylation is 2. The summed E-state index contributed by atoms with van der Waals surface area (Å²) in [6.45, 7) is 9.05. The van der Waals surface area contributed by atoms with E-state index in [0.717, 1.165) is 28.7 Å². The molecule has 1 aliphatic rings. The van der Waals surface area contributed by atoms with E-state index in [1.165, 1.54) is 5.56 Å². The first-order valence-corrected chi connectivity index (χ1v) is 7.53. The van der Waals surface area contributed by atoms with Crippen LogP contribution in [0.15, 0.2) is 16.6 Å². The lowest BCUT2D eigenvalue weighted by Crippen LogP contribution is -2.41. The van der Waals surface area contributed by atoms with Gasteiger partial charge in [0.2, 0.25) is 5.91 Å². The second kappa shape index (κ2) is 5.63. The topological polar surface area (TPSA) is 32.3 Å². The molecule has 0 aromatic heterocycles. The van der Waals surface area contributed by atoms with Crippen molar-refractivity contribution in [3.63, 3.8) is 0 Å². The van der Waals surface area contributed by atoms with Crippen molar-refractivity contribution in [2.45, 2.75) is 46.2 Å². The third-order valence-electron chi connectivity index (χ3n) is 3.41. The number of hydrogen-bond donors (Lipinski definition) is 1. The molecule has 1 aromatic carbocycles. The maximum absolute atomic E-state index is 12.5. The number of hydrogen-bond acceptors (Lipinski definition) is 2. The third-order valence-corrected chi connectivity index (χ3v) is 4.01. The molecule has 1 heterocycles. The number of nitrogens with zero attached hydrogens (tertiary/aromatic N) is 1. The minimum absolute atomic E-state index is 0.0485. The van der Waals surface area contributed by atoms with Gasteiger partial charge in [-0.05, 0) is 53.4 Å². The minimum atomic E-state index is -0.0485. The van der Waals surface area contributed by atoms with Crippen LogP contribution in [0.5, 0.6) is 0 Å². The van der Waals surface area contributed by atoms with E-state index in [1.54, 1.807) is 0 Å². The molecule has 1 atom stereocenters. The van der Waals surface area contributed by atoms with Crippen LogP contribution >= 0.6 is 15.9 Å². The molecule has 1 N–H and O–H groups in total. The first-order valence-electron chi connectivity index (χ1n) is 6.74. The first kappa shape index (κ1) is 14.5. The fraction of sp³-hybridized carbons (Fsp3) is 0.533. The lowest BCUT2D eigenvalue weighted by atomic mass is 10.1. The maximum atomic E-state index is 12.5. The van der Waals surface area contributed by atoms with E-state index in [1.807, 2.05) is 4.90 Å². The van der Waals surface area contributed by atoms with Crippen LogP contribution in [0.4, 0.5) is 5.69 Å². The molecule has 3 nitrogen and oxygen atoms in total. The van der Waals surface area contributed by atoms with Gasteiger partial charge in [0, 0.05) is 17.1 Å². The number of amides is 1. The van der Waals surface area contributed by atoms with Crippen LogP contribution in [0.2, 0.25) is 0 Å². The summed E-state index contributed by atoms with van der Waals surface area (Å²) in [6, 6.07) is 4.47. The van der Waals surface area contributed by atoms with Crippen LogP contribution in [0, 0.1) is 13.8 Å². The highest BCUT2D eigenvalue weighted by Crippen LogP contribution is 2.34. The zero-order valence-electron chi connectivity index (χ0n) is 12.0. The van der Waals surface area contributed by atoms with E-state index in [9.17, 15) is 4.79 Å². The van der Waals surface area contributed by atoms with E-state index in [-0.39, 0.29) is 11.9 Å². The Morgan fingerprint density at radius 2 is 2.05 bits per heavy atom. The number of halogens is 1.